The van der Waals surface area contributed by atoms with Crippen LogP contribution in [0.25, 0.3) is 0 Å². The van der Waals surface area contributed by atoms with Crippen LogP contribution in [0.5, 0.6) is 0 Å². The first-order valence-electron chi connectivity index (χ1n) is 8.19. The van der Waals surface area contributed by atoms with E-state index >= 15 is 0 Å². The molecule has 1 aromatic carbocycles. The van der Waals surface area contributed by atoms with Crippen LogP contribution >= 0.6 is 24.0 Å². The van der Waals surface area contributed by atoms with Crippen molar-refractivity contribution in [3.05, 3.63) is 29.8 Å². The van der Waals surface area contributed by atoms with Crippen LogP contribution in [0.4, 0.5) is 0 Å². The van der Waals surface area contributed by atoms with Crippen molar-refractivity contribution in [3.63, 3.8) is 0 Å². The maximum Gasteiger partial charge on any atom is 0.199 e. The lowest BCUT2D eigenvalue weighted by atomic mass is 9.89. The van der Waals surface area contributed by atoms with Crippen LogP contribution in [0, 0.1) is 12.8 Å². The molecule has 0 aromatic heterocycles. The zero-order valence-corrected chi connectivity index (χ0v) is 16.2. The van der Waals surface area contributed by atoms with E-state index in [1.54, 1.807) is 12.1 Å². The second-order valence-electron chi connectivity index (χ2n) is 6.04. The van der Waals surface area contributed by atoms with Gasteiger partial charge in [0.05, 0.1) is 4.90 Å². The Morgan fingerprint density at radius 3 is 2.43 bits per heavy atom. The van der Waals surface area contributed by atoms with Crippen molar-refractivity contribution in [1.29, 1.82) is 0 Å². The highest BCUT2D eigenvalue weighted by Gasteiger charge is 2.35. The van der Waals surface area contributed by atoms with Gasteiger partial charge in [-0.05, 0) is 43.6 Å². The lowest BCUT2D eigenvalue weighted by molar-refractivity contribution is 0.332. The molecule has 1 unspecified atom stereocenters. The molecule has 1 saturated carbocycles. The van der Waals surface area contributed by atoms with Crippen LogP contribution in [0.3, 0.4) is 0 Å². The zero-order chi connectivity index (χ0) is 16.9. The largest absolute Gasteiger partial charge is 0.354 e. The summed E-state index contributed by atoms with van der Waals surface area (Å²) in [5, 5.41) is 2.53. The summed E-state index contributed by atoms with van der Waals surface area (Å²) < 4.78 is 26.9. The van der Waals surface area contributed by atoms with Gasteiger partial charge in [0.2, 0.25) is 0 Å². The lowest BCUT2D eigenvalue weighted by Crippen LogP contribution is -2.45. The fourth-order valence-electron chi connectivity index (χ4n) is 3.05. The first-order chi connectivity index (χ1) is 10.9. The summed E-state index contributed by atoms with van der Waals surface area (Å²) in [6, 6.07) is 7.12. The quantitative estimate of drug-likeness (QED) is 0.782. The highest BCUT2D eigenvalue weighted by molar-refractivity contribution is 8.23. The summed E-state index contributed by atoms with van der Waals surface area (Å²) in [6.07, 6.45) is 5.28. The molecule has 1 N–H and O–H groups in total. The molecule has 6 heteroatoms. The first-order valence-corrected chi connectivity index (χ1v) is 11.1. The summed E-state index contributed by atoms with van der Waals surface area (Å²) in [7, 11) is -3.44. The fourth-order valence-corrected chi connectivity index (χ4v) is 6.01. The van der Waals surface area contributed by atoms with E-state index in [-0.39, 0.29) is 5.92 Å². The van der Waals surface area contributed by atoms with Gasteiger partial charge in [-0.25, -0.2) is 8.42 Å². The summed E-state index contributed by atoms with van der Waals surface area (Å²) in [5.74, 6) is 0.971. The van der Waals surface area contributed by atoms with Gasteiger partial charge in [-0.15, -0.1) is 0 Å². The molecule has 0 bridgehead atoms. The van der Waals surface area contributed by atoms with Gasteiger partial charge in [0.1, 0.15) is 9.69 Å². The van der Waals surface area contributed by atoms with Gasteiger partial charge in [-0.3, -0.25) is 0 Å². The Morgan fingerprint density at radius 2 is 1.87 bits per heavy atom. The van der Waals surface area contributed by atoms with Crippen molar-refractivity contribution in [1.82, 2.24) is 5.32 Å². The van der Waals surface area contributed by atoms with Crippen LogP contribution in [-0.2, 0) is 9.84 Å². The number of sulfone groups is 1. The topological polar surface area (TPSA) is 46.2 Å². The Balaban J connectivity index is 2.30. The number of thiocarbonyl (C=S) groups is 1. The molecule has 23 heavy (non-hydrogen) atoms. The van der Waals surface area contributed by atoms with Crippen molar-refractivity contribution in [3.8, 4) is 0 Å². The van der Waals surface area contributed by atoms with Gasteiger partial charge in [-0.1, -0.05) is 67.9 Å². The Bertz CT molecular complexity index is 620. The minimum Gasteiger partial charge on any atom is -0.354 e. The molecule has 0 heterocycles. The molecule has 1 fully saturated rings. The third-order valence-electron chi connectivity index (χ3n) is 4.30. The molecule has 0 spiro atoms. The lowest BCUT2D eigenvalue weighted by Gasteiger charge is -2.31. The minimum absolute atomic E-state index is 0.130. The number of thioether (sulfide) groups is 1. The molecule has 2 rings (SSSR count). The van der Waals surface area contributed by atoms with E-state index < -0.39 is 15.2 Å². The maximum atomic E-state index is 13.2. The highest BCUT2D eigenvalue weighted by Crippen LogP contribution is 2.32. The van der Waals surface area contributed by atoms with Crippen LogP contribution in [-0.4, -0.2) is 23.9 Å². The molecule has 1 aliphatic carbocycles. The van der Waals surface area contributed by atoms with Crippen molar-refractivity contribution in [2.24, 2.45) is 5.92 Å². The average molecular weight is 372 g/mol. The molecule has 1 aromatic rings. The van der Waals surface area contributed by atoms with Gasteiger partial charge in [0.25, 0.3) is 0 Å². The number of benzene rings is 1. The SMILES string of the molecule is CCSC(=S)NC(C1CCCCC1)S(=O)(=O)c1ccc(C)cc1. The number of rotatable bonds is 5. The van der Waals surface area contributed by atoms with Crippen LogP contribution in [0.1, 0.15) is 44.6 Å². The van der Waals surface area contributed by atoms with E-state index in [1.165, 1.54) is 18.2 Å². The molecule has 1 atom stereocenters. The summed E-state index contributed by atoms with van der Waals surface area (Å²) in [6.45, 7) is 3.98. The molecule has 0 aliphatic heterocycles. The Morgan fingerprint density at radius 1 is 1.26 bits per heavy atom. The van der Waals surface area contributed by atoms with Gasteiger partial charge in [0, 0.05) is 0 Å². The predicted octanol–water partition coefficient (Wildman–Crippen LogP) is 4.30. The Labute approximate surface area is 149 Å². The van der Waals surface area contributed by atoms with Gasteiger partial charge >= 0.3 is 0 Å². The molecule has 1 aliphatic rings. The normalized spacial score (nSPS) is 17.7. The van der Waals surface area contributed by atoms with E-state index in [9.17, 15) is 8.42 Å². The smallest absolute Gasteiger partial charge is 0.199 e. The molecule has 3 nitrogen and oxygen atoms in total. The summed E-state index contributed by atoms with van der Waals surface area (Å²) in [4.78, 5) is 0.385. The number of hydrogen-bond donors (Lipinski definition) is 1. The number of hydrogen-bond acceptors (Lipinski definition) is 4. The Hall–Kier alpha value is -0.590. The van der Waals surface area contributed by atoms with Crippen molar-refractivity contribution >= 4 is 38.1 Å². The average Bonchev–Trinajstić information content (AvgIpc) is 2.54. The Kier molecular flexibility index (Phi) is 6.92. The van der Waals surface area contributed by atoms with E-state index in [0.29, 0.717) is 9.22 Å². The molecule has 0 amide bonds. The predicted molar refractivity (Wildman–Crippen MR) is 103 cm³/mol. The van der Waals surface area contributed by atoms with E-state index in [0.717, 1.165) is 37.0 Å². The number of aryl methyl sites for hydroxylation is 1. The minimum atomic E-state index is -3.44. The van der Waals surface area contributed by atoms with Crippen molar-refractivity contribution < 1.29 is 8.42 Å². The fraction of sp³-hybridized carbons (Fsp3) is 0.588. The summed E-state index contributed by atoms with van der Waals surface area (Å²) >= 11 is 6.82. The maximum absolute atomic E-state index is 13.2. The zero-order valence-electron chi connectivity index (χ0n) is 13.7. The van der Waals surface area contributed by atoms with Crippen LogP contribution < -0.4 is 5.32 Å². The van der Waals surface area contributed by atoms with Gasteiger partial charge in [0.15, 0.2) is 9.84 Å². The van der Waals surface area contributed by atoms with E-state index in [4.69, 9.17) is 12.2 Å². The van der Waals surface area contributed by atoms with Crippen molar-refractivity contribution in [2.75, 3.05) is 5.75 Å². The number of nitrogens with one attached hydrogen (secondary N) is 1. The molecule has 0 saturated heterocycles. The standard InChI is InChI=1S/C17H25NO2S3/c1-3-22-17(21)18-16(14-7-5-4-6-8-14)23(19,20)15-11-9-13(2)10-12-15/h9-12,14,16H,3-8H2,1-2H3,(H,18,21). The summed E-state index contributed by atoms with van der Waals surface area (Å²) in [5.41, 5.74) is 1.06. The second kappa shape index (κ2) is 8.49. The second-order valence-corrected chi connectivity index (χ2v) is 10.1. The highest BCUT2D eigenvalue weighted by atomic mass is 32.2. The third kappa shape index (κ3) is 4.94. The molecule has 0 radical (unpaired) electrons. The molecular weight excluding hydrogens is 346 g/mol. The van der Waals surface area contributed by atoms with Crippen LogP contribution in [0.2, 0.25) is 0 Å². The van der Waals surface area contributed by atoms with Crippen molar-refractivity contribution in [2.45, 2.75) is 56.2 Å². The first kappa shape index (κ1) is 18.7. The molecular formula is C17H25NO2S3. The molecule has 128 valence electrons. The third-order valence-corrected chi connectivity index (χ3v) is 7.54. The van der Waals surface area contributed by atoms with Crippen LogP contribution in [0.15, 0.2) is 29.2 Å². The van der Waals surface area contributed by atoms with E-state index in [1.807, 2.05) is 26.0 Å². The van der Waals surface area contributed by atoms with Gasteiger partial charge in [-0.2, -0.15) is 0 Å². The van der Waals surface area contributed by atoms with E-state index in [2.05, 4.69) is 5.32 Å². The van der Waals surface area contributed by atoms with Gasteiger partial charge < -0.3 is 5.32 Å². The monoisotopic (exact) mass is 371 g/mol.